The number of thioether (sulfide) groups is 1. The Labute approximate surface area is 169 Å². The SMILES string of the molecule is N=C1/C(=C/c2ccc(OCc3ccccc3F)c(Cl)c2)C(=O)N=C2SC=CN12. The van der Waals surface area contributed by atoms with Crippen LogP contribution in [-0.4, -0.2) is 21.8 Å². The first-order valence-electron chi connectivity index (χ1n) is 8.25. The number of aliphatic imine (C=N–C) groups is 1. The molecule has 140 valence electrons. The number of ether oxygens (including phenoxy) is 1. The second kappa shape index (κ2) is 7.61. The lowest BCUT2D eigenvalue weighted by molar-refractivity contribution is -0.114. The minimum atomic E-state index is -0.469. The summed E-state index contributed by atoms with van der Waals surface area (Å²) in [6, 6.07) is 11.3. The number of rotatable bonds is 4. The lowest BCUT2D eigenvalue weighted by atomic mass is 10.1. The normalized spacial score (nSPS) is 17.1. The molecule has 8 heteroatoms. The first kappa shape index (κ1) is 18.5. The largest absolute Gasteiger partial charge is 0.487 e. The van der Waals surface area contributed by atoms with Crippen molar-refractivity contribution in [3.05, 3.63) is 81.6 Å². The van der Waals surface area contributed by atoms with Gasteiger partial charge in [0.2, 0.25) is 0 Å². The van der Waals surface area contributed by atoms with Crippen LogP contribution in [0.2, 0.25) is 5.02 Å². The van der Waals surface area contributed by atoms with Gasteiger partial charge in [-0.15, -0.1) is 0 Å². The fourth-order valence-corrected chi connectivity index (χ4v) is 3.64. The molecule has 0 atom stereocenters. The maximum atomic E-state index is 13.7. The zero-order valence-electron chi connectivity index (χ0n) is 14.4. The highest BCUT2D eigenvalue weighted by Gasteiger charge is 2.31. The van der Waals surface area contributed by atoms with Crippen molar-refractivity contribution < 1.29 is 13.9 Å². The maximum Gasteiger partial charge on any atom is 0.283 e. The van der Waals surface area contributed by atoms with E-state index in [1.807, 2.05) is 0 Å². The molecule has 0 aliphatic carbocycles. The number of nitrogens with one attached hydrogen (secondary N) is 1. The molecule has 28 heavy (non-hydrogen) atoms. The second-order valence-corrected chi connectivity index (χ2v) is 7.23. The van der Waals surface area contributed by atoms with E-state index >= 15 is 0 Å². The lowest BCUT2D eigenvalue weighted by Crippen LogP contribution is -2.35. The first-order chi connectivity index (χ1) is 13.5. The van der Waals surface area contributed by atoms with Gasteiger partial charge < -0.3 is 4.74 Å². The predicted molar refractivity (Wildman–Crippen MR) is 109 cm³/mol. The molecule has 0 fully saturated rings. The van der Waals surface area contributed by atoms with E-state index in [4.69, 9.17) is 21.7 Å². The summed E-state index contributed by atoms with van der Waals surface area (Å²) in [7, 11) is 0. The molecule has 2 aromatic rings. The molecule has 2 aromatic carbocycles. The molecule has 0 saturated heterocycles. The summed E-state index contributed by atoms with van der Waals surface area (Å²) < 4.78 is 19.3. The standard InChI is InChI=1S/C20H13ClFN3O2S/c21-15-10-12(5-6-17(15)27-11-13-3-1-2-4-16(13)22)9-14-18(23)25-7-8-28-20(25)24-19(14)26/h1-10,23H,11H2/b14-9-,23-18?. The highest BCUT2D eigenvalue weighted by Crippen LogP contribution is 2.30. The van der Waals surface area contributed by atoms with Gasteiger partial charge in [-0.05, 0) is 35.2 Å². The van der Waals surface area contributed by atoms with Crippen LogP contribution in [0.1, 0.15) is 11.1 Å². The Hall–Kier alpha value is -2.90. The smallest absolute Gasteiger partial charge is 0.283 e. The fraction of sp³-hybridized carbons (Fsp3) is 0.0500. The molecule has 2 heterocycles. The Balaban J connectivity index is 1.54. The van der Waals surface area contributed by atoms with Gasteiger partial charge in [0.15, 0.2) is 5.17 Å². The monoisotopic (exact) mass is 413 g/mol. The Morgan fingerprint density at radius 2 is 2.11 bits per heavy atom. The molecule has 0 spiro atoms. The summed E-state index contributed by atoms with van der Waals surface area (Å²) in [6.45, 7) is 0.0480. The molecular formula is C20H13ClFN3O2S. The molecule has 0 bridgehead atoms. The second-order valence-electron chi connectivity index (χ2n) is 5.95. The number of hydrogen-bond donors (Lipinski definition) is 1. The van der Waals surface area contributed by atoms with Gasteiger partial charge in [0.05, 0.1) is 10.6 Å². The summed E-state index contributed by atoms with van der Waals surface area (Å²) in [5.74, 6) is -0.352. The minimum Gasteiger partial charge on any atom is -0.487 e. The summed E-state index contributed by atoms with van der Waals surface area (Å²) >= 11 is 7.57. The van der Waals surface area contributed by atoms with Gasteiger partial charge in [0, 0.05) is 11.8 Å². The highest BCUT2D eigenvalue weighted by molar-refractivity contribution is 8.16. The molecule has 0 aromatic heterocycles. The van der Waals surface area contributed by atoms with Crippen molar-refractivity contribution in [1.82, 2.24) is 4.90 Å². The topological polar surface area (TPSA) is 65.8 Å². The van der Waals surface area contributed by atoms with Crippen molar-refractivity contribution in [3.8, 4) is 5.75 Å². The number of amides is 1. The minimum absolute atomic E-state index is 0.0480. The van der Waals surface area contributed by atoms with E-state index in [2.05, 4.69) is 4.99 Å². The van der Waals surface area contributed by atoms with Crippen molar-refractivity contribution in [2.45, 2.75) is 6.61 Å². The van der Waals surface area contributed by atoms with Crippen LogP contribution in [0.4, 0.5) is 4.39 Å². The lowest BCUT2D eigenvalue weighted by Gasteiger charge is -2.22. The molecule has 1 N–H and O–H groups in total. The number of carbonyl (C=O) groups is 1. The maximum absolute atomic E-state index is 13.7. The molecule has 4 rings (SSSR count). The van der Waals surface area contributed by atoms with Gasteiger partial charge in [0.25, 0.3) is 5.91 Å². The Bertz CT molecular complexity index is 1080. The van der Waals surface area contributed by atoms with E-state index in [0.29, 0.717) is 27.1 Å². The van der Waals surface area contributed by atoms with Crippen LogP contribution in [0.3, 0.4) is 0 Å². The molecule has 2 aliphatic heterocycles. The fourth-order valence-electron chi connectivity index (χ4n) is 2.69. The van der Waals surface area contributed by atoms with Crippen molar-refractivity contribution in [3.63, 3.8) is 0 Å². The summed E-state index contributed by atoms with van der Waals surface area (Å²) in [5, 5.41) is 10.8. The van der Waals surface area contributed by atoms with E-state index in [1.165, 1.54) is 17.8 Å². The molecule has 2 aliphatic rings. The van der Waals surface area contributed by atoms with Crippen LogP contribution in [0.5, 0.6) is 5.75 Å². The average Bonchev–Trinajstić information content (AvgIpc) is 3.14. The highest BCUT2D eigenvalue weighted by atomic mass is 35.5. The van der Waals surface area contributed by atoms with E-state index in [-0.39, 0.29) is 23.8 Å². The molecule has 1 amide bonds. The van der Waals surface area contributed by atoms with Crippen LogP contribution in [0.25, 0.3) is 6.08 Å². The summed E-state index contributed by atoms with van der Waals surface area (Å²) in [6.07, 6.45) is 3.26. The summed E-state index contributed by atoms with van der Waals surface area (Å²) in [4.78, 5) is 17.8. The van der Waals surface area contributed by atoms with Crippen LogP contribution in [0.15, 0.2) is 64.6 Å². The van der Waals surface area contributed by atoms with Gasteiger partial charge in [0.1, 0.15) is 24.0 Å². The zero-order chi connectivity index (χ0) is 19.7. The van der Waals surface area contributed by atoms with Gasteiger partial charge in [-0.3, -0.25) is 15.1 Å². The third kappa shape index (κ3) is 3.58. The van der Waals surface area contributed by atoms with Gasteiger partial charge >= 0.3 is 0 Å². The van der Waals surface area contributed by atoms with Gasteiger partial charge in [-0.2, -0.15) is 4.99 Å². The number of amidine groups is 2. The molecule has 5 nitrogen and oxygen atoms in total. The van der Waals surface area contributed by atoms with Crippen LogP contribution in [-0.2, 0) is 11.4 Å². The molecule has 0 radical (unpaired) electrons. The quantitative estimate of drug-likeness (QED) is 0.729. The third-order valence-corrected chi connectivity index (χ3v) is 5.17. The number of benzene rings is 2. The van der Waals surface area contributed by atoms with Crippen molar-refractivity contribution >= 4 is 46.3 Å². The Morgan fingerprint density at radius 1 is 1.29 bits per heavy atom. The van der Waals surface area contributed by atoms with Crippen molar-refractivity contribution in [1.29, 1.82) is 5.41 Å². The van der Waals surface area contributed by atoms with Crippen LogP contribution >= 0.6 is 23.4 Å². The van der Waals surface area contributed by atoms with E-state index in [1.54, 1.807) is 59.0 Å². The number of fused-ring (bicyclic) bond motifs is 1. The predicted octanol–water partition coefficient (Wildman–Crippen LogP) is 4.83. The number of halogens is 2. The number of carbonyl (C=O) groups excluding carboxylic acids is 1. The van der Waals surface area contributed by atoms with E-state index in [0.717, 1.165) is 0 Å². The van der Waals surface area contributed by atoms with Gasteiger partial charge in [-0.25, -0.2) is 4.39 Å². The van der Waals surface area contributed by atoms with Crippen LogP contribution in [0, 0.1) is 11.2 Å². The van der Waals surface area contributed by atoms with E-state index < -0.39 is 5.91 Å². The van der Waals surface area contributed by atoms with Crippen molar-refractivity contribution in [2.24, 2.45) is 4.99 Å². The summed E-state index contributed by atoms with van der Waals surface area (Å²) in [5.41, 5.74) is 1.23. The molecular weight excluding hydrogens is 401 g/mol. The molecule has 0 saturated carbocycles. The first-order valence-corrected chi connectivity index (χ1v) is 9.50. The van der Waals surface area contributed by atoms with Gasteiger partial charge in [-0.1, -0.05) is 47.6 Å². The Kier molecular flexibility index (Phi) is 5.02. The van der Waals surface area contributed by atoms with E-state index in [9.17, 15) is 9.18 Å². The Morgan fingerprint density at radius 3 is 2.89 bits per heavy atom. The number of nitrogens with zero attached hydrogens (tertiary/aromatic N) is 2. The van der Waals surface area contributed by atoms with Crippen molar-refractivity contribution in [2.75, 3.05) is 0 Å². The zero-order valence-corrected chi connectivity index (χ0v) is 15.9. The average molecular weight is 414 g/mol. The third-order valence-electron chi connectivity index (χ3n) is 4.12. The molecule has 0 unspecified atom stereocenters. The van der Waals surface area contributed by atoms with Crippen LogP contribution < -0.4 is 4.74 Å². The number of hydrogen-bond acceptors (Lipinski definition) is 4.